The van der Waals surface area contributed by atoms with Crippen LogP contribution in [0.1, 0.15) is 51.4 Å². The second-order valence-corrected chi connectivity index (χ2v) is 13.1. The van der Waals surface area contributed by atoms with E-state index in [9.17, 15) is 0 Å². The van der Waals surface area contributed by atoms with E-state index in [0.29, 0.717) is 0 Å². The third-order valence-electron chi connectivity index (χ3n) is 3.74. The minimum atomic E-state index is -3.01. The van der Waals surface area contributed by atoms with Crippen molar-refractivity contribution in [3.05, 3.63) is 44.6 Å². The topological polar surface area (TPSA) is 18.5 Å². The number of rotatable bonds is 4. The molecule has 0 N–H and O–H groups in total. The van der Waals surface area contributed by atoms with Crippen molar-refractivity contribution in [3.63, 3.8) is 0 Å². The number of allylic oxidation sites excluding steroid dienone is 8. The molecule has 2 rings (SSSR count). The van der Waals surface area contributed by atoms with Gasteiger partial charge in [0.1, 0.15) is 0 Å². The van der Waals surface area contributed by atoms with Gasteiger partial charge in [0.15, 0.2) is 0 Å². The molecule has 0 saturated carbocycles. The fourth-order valence-electron chi connectivity index (χ4n) is 2.71. The van der Waals surface area contributed by atoms with Crippen LogP contribution >= 0.6 is 0 Å². The van der Waals surface area contributed by atoms with Crippen molar-refractivity contribution in [2.45, 2.75) is 51.4 Å². The molecule has 0 atom stereocenters. The Balaban J connectivity index is 2.29. The zero-order valence-electron chi connectivity index (χ0n) is 13.3. The van der Waals surface area contributed by atoms with Gasteiger partial charge in [-0.1, -0.05) is 0 Å². The number of hydrogen-bond donors (Lipinski definition) is 0. The Morgan fingerprint density at radius 3 is 1.52 bits per heavy atom. The van der Waals surface area contributed by atoms with Gasteiger partial charge in [0, 0.05) is 0 Å². The van der Waals surface area contributed by atoms with Crippen molar-refractivity contribution in [1.82, 2.24) is 0 Å². The van der Waals surface area contributed by atoms with Gasteiger partial charge in [-0.25, -0.2) is 0 Å². The summed E-state index contributed by atoms with van der Waals surface area (Å²) in [7, 11) is 3.71. The molecule has 0 bridgehead atoms. The Bertz CT molecular complexity index is 404. The first-order chi connectivity index (χ1) is 10.3. The maximum atomic E-state index is 6.14. The van der Waals surface area contributed by atoms with E-state index in [0.717, 1.165) is 51.4 Å². The van der Waals surface area contributed by atoms with Gasteiger partial charge in [-0.3, -0.25) is 0 Å². The SMILES string of the molecule is C[O][Ir]([O]C)([C]1=CCCC=CCC1)[C]1=CCCC=CCC1. The summed E-state index contributed by atoms with van der Waals surface area (Å²) in [5.41, 5.74) is 0. The summed E-state index contributed by atoms with van der Waals surface area (Å²) in [6.07, 6.45) is 22.9. The van der Waals surface area contributed by atoms with Crippen LogP contribution < -0.4 is 0 Å². The standard InChI is InChI=1S/2C8H11.2CH3O.Ir/c2*1-2-4-6-8-7-5-3-1;2*1-2;/h2*1-2,7H,3-6H2;2*1H3;/q;;2*-1;+2. The fourth-order valence-corrected chi connectivity index (χ4v) is 10.9. The molecule has 2 nitrogen and oxygen atoms in total. The molecule has 0 aromatic carbocycles. The summed E-state index contributed by atoms with van der Waals surface area (Å²) >= 11 is -3.01. The summed E-state index contributed by atoms with van der Waals surface area (Å²) in [4.78, 5) is 0. The fraction of sp³-hybridized carbons (Fsp3) is 0.556. The molecule has 0 fully saturated rings. The van der Waals surface area contributed by atoms with Crippen LogP contribution in [-0.4, -0.2) is 14.2 Å². The Kier molecular flexibility index (Phi) is 7.12. The van der Waals surface area contributed by atoms with E-state index < -0.39 is 16.0 Å². The molecule has 0 aromatic rings. The summed E-state index contributed by atoms with van der Waals surface area (Å²) in [6, 6.07) is 0. The Labute approximate surface area is 133 Å². The van der Waals surface area contributed by atoms with Crippen LogP contribution in [0.15, 0.2) is 44.6 Å². The molecule has 121 valence electrons. The van der Waals surface area contributed by atoms with Gasteiger partial charge in [-0.05, 0) is 0 Å². The molecule has 0 aliphatic heterocycles. The van der Waals surface area contributed by atoms with E-state index in [1.54, 1.807) is 0 Å². The summed E-state index contributed by atoms with van der Waals surface area (Å²) in [5.74, 6) is 0. The first-order valence-corrected chi connectivity index (χ1v) is 12.2. The van der Waals surface area contributed by atoms with Gasteiger partial charge >= 0.3 is 133 Å². The van der Waals surface area contributed by atoms with E-state index >= 15 is 0 Å². The van der Waals surface area contributed by atoms with Crippen LogP contribution in [0.4, 0.5) is 0 Å². The molecule has 3 heteroatoms. The molecule has 0 unspecified atom stereocenters. The molecule has 0 aromatic heterocycles. The molecule has 0 saturated heterocycles. The third kappa shape index (κ3) is 4.26. The number of hydrogen-bond acceptors (Lipinski definition) is 2. The van der Waals surface area contributed by atoms with Crippen molar-refractivity contribution in [1.29, 1.82) is 0 Å². The third-order valence-corrected chi connectivity index (χ3v) is 12.7. The second-order valence-electron chi connectivity index (χ2n) is 5.10. The van der Waals surface area contributed by atoms with E-state index in [1.807, 2.05) is 14.2 Å². The van der Waals surface area contributed by atoms with Crippen molar-refractivity contribution in [3.8, 4) is 0 Å². The average Bonchev–Trinajstić information content (AvgIpc) is 2.43. The molecule has 0 spiro atoms. The van der Waals surface area contributed by atoms with Crippen molar-refractivity contribution in [2.75, 3.05) is 14.2 Å². The van der Waals surface area contributed by atoms with E-state index in [4.69, 9.17) is 6.99 Å². The predicted octanol–water partition coefficient (Wildman–Crippen LogP) is 5.29. The summed E-state index contributed by atoms with van der Waals surface area (Å²) in [6.45, 7) is 0. The Morgan fingerprint density at radius 2 is 1.10 bits per heavy atom. The van der Waals surface area contributed by atoms with Crippen LogP contribution in [0.5, 0.6) is 0 Å². The van der Waals surface area contributed by atoms with Crippen molar-refractivity contribution >= 4 is 0 Å². The van der Waals surface area contributed by atoms with E-state index in [-0.39, 0.29) is 0 Å². The second kappa shape index (κ2) is 8.85. The van der Waals surface area contributed by atoms with Crippen LogP contribution in [0.25, 0.3) is 0 Å². The monoisotopic (exact) mass is 469 g/mol. The Morgan fingerprint density at radius 1 is 0.667 bits per heavy atom. The quantitative estimate of drug-likeness (QED) is 0.522. The van der Waals surface area contributed by atoms with E-state index in [2.05, 4.69) is 36.5 Å². The normalized spacial score (nSPS) is 21.6. The molecule has 0 radical (unpaired) electrons. The zero-order valence-corrected chi connectivity index (χ0v) is 15.7. The molecule has 2 aliphatic rings. The van der Waals surface area contributed by atoms with Crippen molar-refractivity contribution < 1.29 is 23.0 Å². The van der Waals surface area contributed by atoms with Crippen LogP contribution in [0.3, 0.4) is 0 Å². The molecule has 21 heavy (non-hydrogen) atoms. The van der Waals surface area contributed by atoms with Gasteiger partial charge in [-0.15, -0.1) is 0 Å². The van der Waals surface area contributed by atoms with E-state index in [1.165, 1.54) is 8.17 Å². The summed E-state index contributed by atoms with van der Waals surface area (Å²) < 4.78 is 15.2. The zero-order chi connectivity index (χ0) is 15.0. The average molecular weight is 469 g/mol. The predicted molar refractivity (Wildman–Crippen MR) is 85.4 cm³/mol. The summed E-state index contributed by atoms with van der Waals surface area (Å²) in [5, 5.41) is 0. The molecular weight excluding hydrogens is 440 g/mol. The van der Waals surface area contributed by atoms with Crippen molar-refractivity contribution in [2.24, 2.45) is 0 Å². The Hall–Kier alpha value is -0.471. The van der Waals surface area contributed by atoms with Gasteiger partial charge in [-0.2, -0.15) is 0 Å². The molecule has 0 amide bonds. The van der Waals surface area contributed by atoms with Crippen LogP contribution in [0.2, 0.25) is 0 Å². The first-order valence-electron chi connectivity index (χ1n) is 7.82. The van der Waals surface area contributed by atoms with Gasteiger partial charge in [0.2, 0.25) is 0 Å². The molecular formula is C18H28IrO2. The first kappa shape index (κ1) is 16.9. The van der Waals surface area contributed by atoms with Crippen LogP contribution in [0, 0.1) is 0 Å². The van der Waals surface area contributed by atoms with Gasteiger partial charge in [0.05, 0.1) is 0 Å². The minimum absolute atomic E-state index is 1.09. The molecule has 2 aliphatic carbocycles. The van der Waals surface area contributed by atoms with Gasteiger partial charge < -0.3 is 0 Å². The molecule has 0 heterocycles. The van der Waals surface area contributed by atoms with Crippen LogP contribution in [-0.2, 0) is 23.0 Å². The van der Waals surface area contributed by atoms with Gasteiger partial charge in [0.25, 0.3) is 0 Å². The maximum absolute atomic E-state index is 6.14.